The number of aliphatic hydroxyl groups excluding tert-OH is 2. The van der Waals surface area contributed by atoms with Crippen LogP contribution in [0.2, 0.25) is 0 Å². The van der Waals surface area contributed by atoms with Crippen molar-refractivity contribution < 1.29 is 29.3 Å². The van der Waals surface area contributed by atoms with Crippen molar-refractivity contribution in [3.63, 3.8) is 0 Å². The number of Topliss-reactive ketones (excluding diaryl/α,β-unsaturated/α-hetero) is 1. The Hall–Kier alpha value is -3.32. The minimum absolute atomic E-state index is 0.0584. The van der Waals surface area contributed by atoms with Gasteiger partial charge >= 0.3 is 0 Å². The number of benzene rings is 2. The van der Waals surface area contributed by atoms with Crippen LogP contribution in [0, 0.1) is 13.8 Å². The fraction of sp³-hybridized carbons (Fsp3) is 0.385. The molecular weight excluding hydrogens is 422 g/mol. The minimum Gasteiger partial charge on any atom is -0.507 e. The number of nitrogens with zero attached hydrogens (tertiary/aromatic N) is 1. The third-order valence-corrected chi connectivity index (χ3v) is 5.82. The molecule has 2 N–H and O–H groups in total. The Morgan fingerprint density at radius 1 is 1.12 bits per heavy atom. The second-order valence-corrected chi connectivity index (χ2v) is 8.13. The summed E-state index contributed by atoms with van der Waals surface area (Å²) in [5, 5.41) is 20.4. The summed E-state index contributed by atoms with van der Waals surface area (Å²) in [6.45, 7) is 6.08. The van der Waals surface area contributed by atoms with Crippen molar-refractivity contribution in [2.24, 2.45) is 0 Å². The summed E-state index contributed by atoms with van der Waals surface area (Å²) < 4.78 is 10.9. The Balaban J connectivity index is 2.18. The number of carbonyl (C=O) groups excluding carboxylic acids is 2. The van der Waals surface area contributed by atoms with Gasteiger partial charge in [-0.05, 0) is 61.2 Å². The molecule has 7 heteroatoms. The molecule has 0 spiro atoms. The summed E-state index contributed by atoms with van der Waals surface area (Å²) in [5.74, 6) is -0.346. The lowest BCUT2D eigenvalue weighted by molar-refractivity contribution is -0.139. The van der Waals surface area contributed by atoms with Gasteiger partial charge in [0.2, 0.25) is 0 Å². The molecule has 0 saturated carbocycles. The van der Waals surface area contributed by atoms with E-state index in [0.717, 1.165) is 24.0 Å². The van der Waals surface area contributed by atoms with E-state index in [0.29, 0.717) is 29.2 Å². The van der Waals surface area contributed by atoms with Crippen molar-refractivity contribution in [2.75, 3.05) is 26.9 Å². The fourth-order valence-corrected chi connectivity index (χ4v) is 4.13. The number of amides is 1. The van der Waals surface area contributed by atoms with Crippen LogP contribution in [-0.2, 0) is 9.59 Å². The van der Waals surface area contributed by atoms with Crippen LogP contribution in [0.5, 0.6) is 11.5 Å². The highest BCUT2D eigenvalue weighted by Crippen LogP contribution is 2.41. The second kappa shape index (κ2) is 10.5. The number of likely N-dealkylation sites (tertiary alicyclic amines) is 1. The lowest BCUT2D eigenvalue weighted by Gasteiger charge is -2.25. The Labute approximate surface area is 194 Å². The van der Waals surface area contributed by atoms with Crippen molar-refractivity contribution in [1.82, 2.24) is 4.90 Å². The SMILES string of the molecule is CCCCN1C(=O)C(=O)/C(=C(/O)c2cc(C)c(OC)cc2C)C1c1cccc(OCCO)c1. The van der Waals surface area contributed by atoms with Gasteiger partial charge in [-0.25, -0.2) is 0 Å². The van der Waals surface area contributed by atoms with E-state index < -0.39 is 17.7 Å². The number of ketones is 1. The number of rotatable bonds is 9. The molecule has 1 saturated heterocycles. The minimum atomic E-state index is -0.740. The van der Waals surface area contributed by atoms with Crippen molar-refractivity contribution in [2.45, 2.75) is 39.7 Å². The van der Waals surface area contributed by atoms with E-state index in [1.54, 1.807) is 43.5 Å². The number of hydrogen-bond acceptors (Lipinski definition) is 6. The zero-order chi connectivity index (χ0) is 24.1. The third-order valence-electron chi connectivity index (χ3n) is 5.82. The van der Waals surface area contributed by atoms with Gasteiger partial charge in [0, 0.05) is 12.1 Å². The Morgan fingerprint density at radius 2 is 1.88 bits per heavy atom. The second-order valence-electron chi connectivity index (χ2n) is 8.13. The van der Waals surface area contributed by atoms with E-state index in [4.69, 9.17) is 14.6 Å². The Bertz CT molecular complexity index is 1070. The number of unbranched alkanes of at least 4 members (excludes halogenated alkanes) is 1. The zero-order valence-corrected chi connectivity index (χ0v) is 19.6. The standard InChI is InChI=1S/C26H31NO6/c1-5-6-10-27-23(18-8-7-9-19(15-18)33-12-11-28)22(25(30)26(27)31)24(29)20-13-17(3)21(32-4)14-16(20)2/h7-9,13-15,23,28-29H,5-6,10-12H2,1-4H3/b24-22+. The van der Waals surface area contributed by atoms with Crippen molar-refractivity contribution >= 4 is 17.4 Å². The maximum absolute atomic E-state index is 13.2. The fourth-order valence-electron chi connectivity index (χ4n) is 4.13. The molecule has 0 radical (unpaired) electrons. The lowest BCUT2D eigenvalue weighted by atomic mass is 9.93. The molecule has 1 aliphatic rings. The molecule has 1 amide bonds. The van der Waals surface area contributed by atoms with Crippen LogP contribution < -0.4 is 9.47 Å². The molecular formula is C26H31NO6. The topological polar surface area (TPSA) is 96.3 Å². The van der Waals surface area contributed by atoms with Crippen LogP contribution in [0.25, 0.3) is 5.76 Å². The zero-order valence-electron chi connectivity index (χ0n) is 19.6. The molecule has 7 nitrogen and oxygen atoms in total. The highest BCUT2D eigenvalue weighted by molar-refractivity contribution is 6.46. The number of hydrogen-bond donors (Lipinski definition) is 2. The van der Waals surface area contributed by atoms with E-state index >= 15 is 0 Å². The molecule has 1 aliphatic heterocycles. The van der Waals surface area contributed by atoms with Gasteiger partial charge < -0.3 is 24.6 Å². The first-order chi connectivity index (χ1) is 15.8. The number of methoxy groups -OCH3 is 1. The first-order valence-corrected chi connectivity index (χ1v) is 11.1. The molecule has 0 aromatic heterocycles. The smallest absolute Gasteiger partial charge is 0.295 e. The molecule has 1 heterocycles. The average molecular weight is 454 g/mol. The molecule has 3 rings (SSSR count). The average Bonchev–Trinajstić information content (AvgIpc) is 3.07. The Kier molecular flexibility index (Phi) is 7.76. The van der Waals surface area contributed by atoms with Gasteiger partial charge in [-0.15, -0.1) is 0 Å². The van der Waals surface area contributed by atoms with Gasteiger partial charge in [-0.1, -0.05) is 25.5 Å². The van der Waals surface area contributed by atoms with Gasteiger partial charge in [0.05, 0.1) is 25.3 Å². The van der Waals surface area contributed by atoms with E-state index in [1.165, 1.54) is 4.90 Å². The maximum atomic E-state index is 13.2. The van der Waals surface area contributed by atoms with Gasteiger partial charge in [0.1, 0.15) is 23.9 Å². The predicted octanol–water partition coefficient (Wildman–Crippen LogP) is 3.90. The molecule has 1 atom stereocenters. The molecule has 0 bridgehead atoms. The predicted molar refractivity (Wildman–Crippen MR) is 125 cm³/mol. The van der Waals surface area contributed by atoms with E-state index in [9.17, 15) is 14.7 Å². The van der Waals surface area contributed by atoms with Crippen LogP contribution >= 0.6 is 0 Å². The van der Waals surface area contributed by atoms with Crippen molar-refractivity contribution in [3.05, 3.63) is 64.2 Å². The number of ether oxygens (including phenoxy) is 2. The highest BCUT2D eigenvalue weighted by Gasteiger charge is 2.46. The van der Waals surface area contributed by atoms with Gasteiger partial charge in [-0.2, -0.15) is 0 Å². The quantitative estimate of drug-likeness (QED) is 0.340. The third kappa shape index (κ3) is 4.88. The van der Waals surface area contributed by atoms with Crippen molar-refractivity contribution in [3.8, 4) is 11.5 Å². The van der Waals surface area contributed by atoms with Crippen LogP contribution in [0.15, 0.2) is 42.0 Å². The molecule has 0 aliphatic carbocycles. The summed E-state index contributed by atoms with van der Waals surface area (Å²) in [6, 6.07) is 9.89. The molecule has 2 aromatic carbocycles. The maximum Gasteiger partial charge on any atom is 0.295 e. The molecule has 1 unspecified atom stereocenters. The van der Waals surface area contributed by atoms with Gasteiger partial charge in [0.25, 0.3) is 11.7 Å². The van der Waals surface area contributed by atoms with Crippen LogP contribution in [0.4, 0.5) is 0 Å². The summed E-state index contributed by atoms with van der Waals surface area (Å²) >= 11 is 0. The molecule has 2 aromatic rings. The first kappa shape index (κ1) is 24.3. The summed E-state index contributed by atoms with van der Waals surface area (Å²) in [4.78, 5) is 27.7. The first-order valence-electron chi connectivity index (χ1n) is 11.1. The largest absolute Gasteiger partial charge is 0.507 e. The molecule has 33 heavy (non-hydrogen) atoms. The van der Waals surface area contributed by atoms with Crippen LogP contribution in [0.3, 0.4) is 0 Å². The number of aryl methyl sites for hydroxylation is 2. The molecule has 176 valence electrons. The van der Waals surface area contributed by atoms with Gasteiger partial charge in [-0.3, -0.25) is 9.59 Å². The number of carbonyl (C=O) groups is 2. The summed E-state index contributed by atoms with van der Waals surface area (Å²) in [7, 11) is 1.58. The van der Waals surface area contributed by atoms with E-state index in [1.807, 2.05) is 20.8 Å². The monoisotopic (exact) mass is 453 g/mol. The lowest BCUT2D eigenvalue weighted by Crippen LogP contribution is -2.30. The van der Waals surface area contributed by atoms with Crippen molar-refractivity contribution in [1.29, 1.82) is 0 Å². The summed E-state index contributed by atoms with van der Waals surface area (Å²) in [5.41, 5.74) is 2.74. The Morgan fingerprint density at radius 3 is 2.55 bits per heavy atom. The summed E-state index contributed by atoms with van der Waals surface area (Å²) in [6.07, 6.45) is 1.58. The van der Waals surface area contributed by atoms with Gasteiger partial charge in [0.15, 0.2) is 0 Å². The molecule has 1 fully saturated rings. The van der Waals surface area contributed by atoms with Crippen LogP contribution in [0.1, 0.15) is 48.1 Å². The van der Waals surface area contributed by atoms with E-state index in [-0.39, 0.29) is 24.5 Å². The van der Waals surface area contributed by atoms with Crippen LogP contribution in [-0.4, -0.2) is 53.7 Å². The van der Waals surface area contributed by atoms with E-state index in [2.05, 4.69) is 0 Å². The number of aliphatic hydroxyl groups is 2. The normalized spacial score (nSPS) is 17.5. The highest BCUT2D eigenvalue weighted by atomic mass is 16.5.